The minimum atomic E-state index is -0.752. The zero-order valence-electron chi connectivity index (χ0n) is 15.9. The van der Waals surface area contributed by atoms with Crippen LogP contribution in [-0.4, -0.2) is 23.3 Å². The second-order valence-electron chi connectivity index (χ2n) is 6.46. The van der Waals surface area contributed by atoms with E-state index in [1.165, 1.54) is 23.5 Å². The number of aromatic nitrogens is 1. The molecule has 0 saturated carbocycles. The van der Waals surface area contributed by atoms with Crippen molar-refractivity contribution in [3.63, 3.8) is 0 Å². The monoisotopic (exact) mass is 431 g/mol. The standard InChI is InChI=1S/C21H19ClFN3O2S/c1-12-3-8-16(11-17(12)22)26-20(28)19(27)24-10-9-18-13(2)25-21(29-18)14-4-6-15(23)7-5-14/h3-8,11H,9-10H2,1-2H3,(H,24,27)(H,26,28). The molecule has 3 aromatic rings. The minimum absolute atomic E-state index is 0.295. The molecule has 2 aromatic carbocycles. The Morgan fingerprint density at radius 1 is 1.10 bits per heavy atom. The Labute approximate surface area is 176 Å². The predicted molar refractivity (Wildman–Crippen MR) is 114 cm³/mol. The van der Waals surface area contributed by atoms with Crippen molar-refractivity contribution in [3.8, 4) is 10.6 Å². The number of nitrogens with zero attached hydrogens (tertiary/aromatic N) is 1. The van der Waals surface area contributed by atoms with Crippen LogP contribution in [0.3, 0.4) is 0 Å². The number of amides is 2. The number of aryl methyl sites for hydroxylation is 2. The average Bonchev–Trinajstić information content (AvgIpc) is 3.06. The summed E-state index contributed by atoms with van der Waals surface area (Å²) in [6, 6.07) is 11.2. The van der Waals surface area contributed by atoms with E-state index in [1.54, 1.807) is 30.3 Å². The lowest BCUT2D eigenvalue weighted by Gasteiger charge is -2.07. The summed E-state index contributed by atoms with van der Waals surface area (Å²) in [5, 5.41) is 6.43. The third-order valence-corrected chi connectivity index (χ3v) is 5.93. The lowest BCUT2D eigenvalue weighted by molar-refractivity contribution is -0.136. The highest BCUT2D eigenvalue weighted by Crippen LogP contribution is 2.28. The zero-order chi connectivity index (χ0) is 21.0. The molecule has 0 spiro atoms. The third kappa shape index (κ3) is 5.40. The number of hydrogen-bond acceptors (Lipinski definition) is 4. The SMILES string of the molecule is Cc1ccc(NC(=O)C(=O)NCCc2sc(-c3ccc(F)cc3)nc2C)cc1Cl. The number of carbonyl (C=O) groups excluding carboxylic acids is 2. The number of nitrogens with one attached hydrogen (secondary N) is 2. The predicted octanol–water partition coefficient (Wildman–Crippen LogP) is 4.52. The van der Waals surface area contributed by atoms with Gasteiger partial charge in [0.05, 0.1) is 5.69 Å². The van der Waals surface area contributed by atoms with Crippen LogP contribution < -0.4 is 10.6 Å². The van der Waals surface area contributed by atoms with Gasteiger partial charge in [-0.05, 0) is 55.8 Å². The molecule has 1 aromatic heterocycles. The van der Waals surface area contributed by atoms with Crippen LogP contribution >= 0.6 is 22.9 Å². The van der Waals surface area contributed by atoms with E-state index in [1.807, 2.05) is 13.8 Å². The molecule has 0 unspecified atom stereocenters. The van der Waals surface area contributed by atoms with E-state index >= 15 is 0 Å². The van der Waals surface area contributed by atoms with Crippen molar-refractivity contribution in [1.29, 1.82) is 0 Å². The Balaban J connectivity index is 1.54. The first-order chi connectivity index (χ1) is 13.8. The van der Waals surface area contributed by atoms with Crippen molar-refractivity contribution >= 4 is 40.4 Å². The number of halogens is 2. The summed E-state index contributed by atoms with van der Waals surface area (Å²) in [6.45, 7) is 4.03. The number of benzene rings is 2. The molecule has 150 valence electrons. The molecule has 3 rings (SSSR count). The van der Waals surface area contributed by atoms with E-state index in [9.17, 15) is 14.0 Å². The smallest absolute Gasteiger partial charge is 0.313 e. The molecule has 0 aliphatic rings. The van der Waals surface area contributed by atoms with E-state index < -0.39 is 11.8 Å². The molecule has 5 nitrogen and oxygen atoms in total. The van der Waals surface area contributed by atoms with Gasteiger partial charge in [-0.15, -0.1) is 11.3 Å². The number of thiazole rings is 1. The van der Waals surface area contributed by atoms with Gasteiger partial charge in [-0.3, -0.25) is 9.59 Å². The lowest BCUT2D eigenvalue weighted by atomic mass is 10.2. The summed E-state index contributed by atoms with van der Waals surface area (Å²) >= 11 is 7.51. The highest BCUT2D eigenvalue weighted by Gasteiger charge is 2.15. The van der Waals surface area contributed by atoms with Crippen LogP contribution in [0.2, 0.25) is 5.02 Å². The van der Waals surface area contributed by atoms with Crippen molar-refractivity contribution in [2.75, 3.05) is 11.9 Å². The Kier molecular flexibility index (Phi) is 6.61. The van der Waals surface area contributed by atoms with Crippen molar-refractivity contribution in [2.24, 2.45) is 0 Å². The van der Waals surface area contributed by atoms with Crippen molar-refractivity contribution < 1.29 is 14.0 Å². The van der Waals surface area contributed by atoms with Gasteiger partial charge in [-0.2, -0.15) is 0 Å². The van der Waals surface area contributed by atoms with Crippen molar-refractivity contribution in [3.05, 3.63) is 69.4 Å². The first kappa shape index (κ1) is 21.0. The van der Waals surface area contributed by atoms with E-state index in [0.29, 0.717) is 23.7 Å². The van der Waals surface area contributed by atoms with Crippen LogP contribution in [0, 0.1) is 19.7 Å². The Hall–Kier alpha value is -2.77. The highest BCUT2D eigenvalue weighted by molar-refractivity contribution is 7.15. The molecular formula is C21H19ClFN3O2S. The molecule has 0 saturated heterocycles. The van der Waals surface area contributed by atoms with Gasteiger partial charge in [-0.1, -0.05) is 17.7 Å². The number of carbonyl (C=O) groups is 2. The third-order valence-electron chi connectivity index (χ3n) is 4.26. The Morgan fingerprint density at radius 2 is 1.83 bits per heavy atom. The Bertz CT molecular complexity index is 1050. The number of anilines is 1. The van der Waals surface area contributed by atoms with E-state index in [0.717, 1.165) is 26.7 Å². The maximum absolute atomic E-state index is 13.1. The summed E-state index contributed by atoms with van der Waals surface area (Å²) < 4.78 is 13.1. The fraction of sp³-hybridized carbons (Fsp3) is 0.190. The zero-order valence-corrected chi connectivity index (χ0v) is 17.5. The van der Waals surface area contributed by atoms with Gasteiger partial charge < -0.3 is 10.6 Å². The normalized spacial score (nSPS) is 10.6. The summed E-state index contributed by atoms with van der Waals surface area (Å²) in [7, 11) is 0. The molecule has 2 amide bonds. The molecule has 29 heavy (non-hydrogen) atoms. The molecule has 0 aliphatic carbocycles. The molecule has 1 heterocycles. The van der Waals surface area contributed by atoms with Crippen LogP contribution in [0.5, 0.6) is 0 Å². The van der Waals surface area contributed by atoms with Crippen molar-refractivity contribution in [1.82, 2.24) is 10.3 Å². The van der Waals surface area contributed by atoms with Crippen LogP contribution in [-0.2, 0) is 16.0 Å². The highest BCUT2D eigenvalue weighted by atomic mass is 35.5. The second kappa shape index (κ2) is 9.15. The van der Waals surface area contributed by atoms with Crippen LogP contribution in [0.15, 0.2) is 42.5 Å². The fourth-order valence-electron chi connectivity index (χ4n) is 2.60. The molecular weight excluding hydrogens is 413 g/mol. The molecule has 0 bridgehead atoms. The summed E-state index contributed by atoms with van der Waals surface area (Å²) in [6.07, 6.45) is 0.542. The van der Waals surface area contributed by atoms with Gasteiger partial charge >= 0.3 is 11.8 Å². The summed E-state index contributed by atoms with van der Waals surface area (Å²) in [5.41, 5.74) is 3.03. The lowest BCUT2D eigenvalue weighted by Crippen LogP contribution is -2.36. The van der Waals surface area contributed by atoms with Crippen LogP contribution in [0.4, 0.5) is 10.1 Å². The topological polar surface area (TPSA) is 71.1 Å². The first-order valence-electron chi connectivity index (χ1n) is 8.91. The molecule has 0 aliphatic heterocycles. The molecule has 2 N–H and O–H groups in total. The maximum Gasteiger partial charge on any atom is 0.313 e. The number of hydrogen-bond donors (Lipinski definition) is 2. The van der Waals surface area contributed by atoms with Gasteiger partial charge in [-0.25, -0.2) is 9.37 Å². The quantitative estimate of drug-likeness (QED) is 0.583. The fourth-order valence-corrected chi connectivity index (χ4v) is 3.85. The van der Waals surface area contributed by atoms with E-state index in [2.05, 4.69) is 15.6 Å². The average molecular weight is 432 g/mol. The van der Waals surface area contributed by atoms with Gasteiger partial charge in [0.25, 0.3) is 0 Å². The van der Waals surface area contributed by atoms with Crippen LogP contribution in [0.25, 0.3) is 10.6 Å². The molecule has 0 atom stereocenters. The van der Waals surface area contributed by atoms with E-state index in [4.69, 9.17) is 11.6 Å². The first-order valence-corrected chi connectivity index (χ1v) is 10.1. The van der Waals surface area contributed by atoms with E-state index in [-0.39, 0.29) is 5.82 Å². The van der Waals surface area contributed by atoms with Gasteiger partial charge in [0.1, 0.15) is 10.8 Å². The largest absolute Gasteiger partial charge is 0.347 e. The molecule has 0 fully saturated rings. The Morgan fingerprint density at radius 3 is 2.52 bits per heavy atom. The second-order valence-corrected chi connectivity index (χ2v) is 7.95. The van der Waals surface area contributed by atoms with Crippen molar-refractivity contribution in [2.45, 2.75) is 20.3 Å². The minimum Gasteiger partial charge on any atom is -0.347 e. The maximum atomic E-state index is 13.1. The van der Waals surface area contributed by atoms with Gasteiger partial charge in [0.15, 0.2) is 0 Å². The van der Waals surface area contributed by atoms with Crippen LogP contribution in [0.1, 0.15) is 16.1 Å². The number of rotatable bonds is 5. The van der Waals surface area contributed by atoms with Gasteiger partial charge in [0.2, 0.25) is 0 Å². The molecule has 8 heteroatoms. The summed E-state index contributed by atoms with van der Waals surface area (Å²) in [4.78, 5) is 29.6. The summed E-state index contributed by atoms with van der Waals surface area (Å²) in [5.74, 6) is -1.77. The van der Waals surface area contributed by atoms with Gasteiger partial charge in [0, 0.05) is 34.1 Å². The molecule has 0 radical (unpaired) electrons.